The van der Waals surface area contributed by atoms with Gasteiger partial charge in [-0.25, -0.2) is 14.6 Å². The van der Waals surface area contributed by atoms with E-state index in [9.17, 15) is 13.2 Å². The molecule has 0 bridgehead atoms. The summed E-state index contributed by atoms with van der Waals surface area (Å²) in [6.45, 7) is 0.573. The molecule has 5 aromatic rings. The summed E-state index contributed by atoms with van der Waals surface area (Å²) in [5.41, 5.74) is 2.08. The number of aromatic nitrogens is 8. The summed E-state index contributed by atoms with van der Waals surface area (Å²) < 4.78 is 52.5. The molecule has 0 unspecified atom stereocenters. The van der Waals surface area contributed by atoms with Crippen LogP contribution >= 0.6 is 0 Å². The van der Waals surface area contributed by atoms with Crippen molar-refractivity contribution in [3.8, 4) is 28.7 Å². The molecule has 0 aliphatic rings. The van der Waals surface area contributed by atoms with Gasteiger partial charge in [-0.2, -0.15) is 28.4 Å². The highest BCUT2D eigenvalue weighted by Gasteiger charge is 2.30. The first-order valence-electron chi connectivity index (χ1n) is 10.3. The van der Waals surface area contributed by atoms with E-state index in [0.717, 1.165) is 29.5 Å². The van der Waals surface area contributed by atoms with Crippen LogP contribution in [-0.4, -0.2) is 39.7 Å². The second-order valence-corrected chi connectivity index (χ2v) is 7.51. The summed E-state index contributed by atoms with van der Waals surface area (Å²) in [5, 5.41) is 12.4. The quantitative estimate of drug-likeness (QED) is 0.345. The molecule has 5 rings (SSSR count). The molecule has 0 amide bonds. The molecule has 10 nitrogen and oxygen atoms in total. The van der Waals surface area contributed by atoms with Crippen molar-refractivity contribution in [1.82, 2.24) is 39.7 Å². The number of alkyl halides is 3. The van der Waals surface area contributed by atoms with Gasteiger partial charge in [0.15, 0.2) is 0 Å². The van der Waals surface area contributed by atoms with Crippen LogP contribution in [-0.2, 0) is 26.4 Å². The minimum Gasteiger partial charge on any atom is -0.471 e. The molecule has 13 heteroatoms. The van der Waals surface area contributed by atoms with Crippen molar-refractivity contribution in [2.75, 3.05) is 0 Å². The molecule has 0 aliphatic heterocycles. The van der Waals surface area contributed by atoms with Gasteiger partial charge in [0.1, 0.15) is 19.3 Å². The molecule has 0 spiro atoms. The first-order valence-corrected chi connectivity index (χ1v) is 10.3. The van der Waals surface area contributed by atoms with E-state index < -0.39 is 11.7 Å². The molecule has 4 aromatic heterocycles. The molecular formula is C22H17F3N8O2. The zero-order valence-corrected chi connectivity index (χ0v) is 18.2. The molecule has 0 fully saturated rings. The van der Waals surface area contributed by atoms with Gasteiger partial charge in [0, 0.05) is 24.9 Å². The molecule has 35 heavy (non-hydrogen) atoms. The Morgan fingerprint density at radius 3 is 2.54 bits per heavy atom. The van der Waals surface area contributed by atoms with Crippen LogP contribution in [0.5, 0.6) is 5.88 Å². The number of halogens is 3. The summed E-state index contributed by atoms with van der Waals surface area (Å²) in [5.74, 6) is 0.675. The van der Waals surface area contributed by atoms with Crippen molar-refractivity contribution >= 4 is 0 Å². The third-order valence-corrected chi connectivity index (χ3v) is 5.16. The smallest absolute Gasteiger partial charge is 0.417 e. The first kappa shape index (κ1) is 22.3. The Hall–Kier alpha value is -4.55. The van der Waals surface area contributed by atoms with E-state index in [1.807, 2.05) is 24.3 Å². The maximum atomic E-state index is 12.7. The fourth-order valence-corrected chi connectivity index (χ4v) is 3.30. The minimum atomic E-state index is -4.46. The van der Waals surface area contributed by atoms with Crippen molar-refractivity contribution in [3.05, 3.63) is 78.3 Å². The van der Waals surface area contributed by atoms with Gasteiger partial charge in [-0.3, -0.25) is 4.68 Å². The van der Waals surface area contributed by atoms with Gasteiger partial charge in [-0.15, -0.1) is 0 Å². The fraction of sp³-hybridized carbons (Fsp3) is 0.182. The molecule has 0 saturated carbocycles. The number of pyridine rings is 1. The summed E-state index contributed by atoms with van der Waals surface area (Å²) in [7, 11) is 1.70. The highest BCUT2D eigenvalue weighted by Crippen LogP contribution is 2.30. The molecule has 0 saturated heterocycles. The van der Waals surface area contributed by atoms with Gasteiger partial charge in [-0.05, 0) is 11.6 Å². The number of rotatable bonds is 7. The Labute approximate surface area is 196 Å². The zero-order chi connectivity index (χ0) is 24.4. The monoisotopic (exact) mass is 482 g/mol. The Kier molecular flexibility index (Phi) is 5.73. The topological polar surface area (TPSA) is 110 Å². The second-order valence-electron chi connectivity index (χ2n) is 7.51. The van der Waals surface area contributed by atoms with Crippen LogP contribution in [0, 0.1) is 0 Å². The largest absolute Gasteiger partial charge is 0.471 e. The lowest BCUT2D eigenvalue weighted by Gasteiger charge is -2.09. The predicted molar refractivity (Wildman–Crippen MR) is 115 cm³/mol. The zero-order valence-electron chi connectivity index (χ0n) is 18.2. The fourth-order valence-electron chi connectivity index (χ4n) is 3.30. The molecule has 1 aromatic carbocycles. The summed E-state index contributed by atoms with van der Waals surface area (Å²) in [6, 6.07) is 9.71. The molecule has 0 radical (unpaired) electrons. The number of ether oxygens (including phenoxy) is 1. The van der Waals surface area contributed by atoms with Crippen molar-refractivity contribution in [2.24, 2.45) is 7.05 Å². The summed E-state index contributed by atoms with van der Waals surface area (Å²) in [6.07, 6.45) is 0.932. The standard InChI is InChI=1S/C22H17F3N8O2/c1-32-18(11-34-19-7-6-16(8-27-19)22(23,24)25)17(9-28-32)21-30-20(31-35-21)15-4-2-14(3-5-15)10-33-13-26-12-29-33/h2-9,12-13H,10-11H2,1H3. The summed E-state index contributed by atoms with van der Waals surface area (Å²) >= 11 is 0. The number of hydrogen-bond donors (Lipinski definition) is 0. The number of hydrogen-bond acceptors (Lipinski definition) is 8. The Morgan fingerprint density at radius 1 is 1.03 bits per heavy atom. The van der Waals surface area contributed by atoms with E-state index in [-0.39, 0.29) is 18.4 Å². The average Bonchev–Trinajstić information content (AvgIpc) is 3.60. The SMILES string of the molecule is Cn1ncc(-c2nc(-c3ccc(Cn4cncn4)cc3)no2)c1COc1ccc(C(F)(F)F)cn1. The third kappa shape index (κ3) is 4.88. The Morgan fingerprint density at radius 2 is 1.86 bits per heavy atom. The van der Waals surface area contributed by atoms with Gasteiger partial charge in [-0.1, -0.05) is 29.4 Å². The highest BCUT2D eigenvalue weighted by molar-refractivity contribution is 5.61. The van der Waals surface area contributed by atoms with E-state index >= 15 is 0 Å². The molecule has 0 N–H and O–H groups in total. The molecule has 0 aliphatic carbocycles. The van der Waals surface area contributed by atoms with Crippen LogP contribution in [0.3, 0.4) is 0 Å². The number of benzene rings is 1. The van der Waals surface area contributed by atoms with E-state index in [0.29, 0.717) is 23.6 Å². The highest BCUT2D eigenvalue weighted by atomic mass is 19.4. The lowest BCUT2D eigenvalue weighted by molar-refractivity contribution is -0.137. The number of nitrogens with zero attached hydrogens (tertiary/aromatic N) is 8. The van der Waals surface area contributed by atoms with Crippen molar-refractivity contribution in [2.45, 2.75) is 19.3 Å². The van der Waals surface area contributed by atoms with Gasteiger partial charge >= 0.3 is 6.18 Å². The second kappa shape index (κ2) is 9.00. The van der Waals surface area contributed by atoms with Crippen LogP contribution < -0.4 is 4.74 Å². The van der Waals surface area contributed by atoms with Crippen molar-refractivity contribution in [1.29, 1.82) is 0 Å². The van der Waals surface area contributed by atoms with E-state index in [2.05, 4.69) is 30.3 Å². The van der Waals surface area contributed by atoms with Crippen LogP contribution in [0.1, 0.15) is 16.8 Å². The third-order valence-electron chi connectivity index (χ3n) is 5.16. The maximum Gasteiger partial charge on any atom is 0.417 e. The normalized spacial score (nSPS) is 11.7. The van der Waals surface area contributed by atoms with Crippen LogP contribution in [0.25, 0.3) is 22.8 Å². The molecule has 4 heterocycles. The first-order chi connectivity index (χ1) is 16.9. The van der Waals surface area contributed by atoms with Gasteiger partial charge < -0.3 is 9.26 Å². The lowest BCUT2D eigenvalue weighted by atomic mass is 10.1. The van der Waals surface area contributed by atoms with E-state index in [1.165, 1.54) is 6.33 Å². The van der Waals surface area contributed by atoms with Crippen LogP contribution in [0.4, 0.5) is 13.2 Å². The Bertz CT molecular complexity index is 1410. The lowest BCUT2D eigenvalue weighted by Crippen LogP contribution is -2.07. The van der Waals surface area contributed by atoms with Crippen LogP contribution in [0.2, 0.25) is 0 Å². The molecule has 0 atom stereocenters. The molecular weight excluding hydrogens is 465 g/mol. The number of aryl methyl sites for hydroxylation is 1. The van der Waals surface area contributed by atoms with Crippen molar-refractivity contribution in [3.63, 3.8) is 0 Å². The predicted octanol–water partition coefficient (Wildman–Crippen LogP) is 3.77. The van der Waals surface area contributed by atoms with E-state index in [4.69, 9.17) is 9.26 Å². The maximum absolute atomic E-state index is 12.7. The average molecular weight is 482 g/mol. The molecule has 178 valence electrons. The van der Waals surface area contributed by atoms with E-state index in [1.54, 1.807) is 28.9 Å². The van der Waals surface area contributed by atoms with Gasteiger partial charge in [0.2, 0.25) is 11.7 Å². The van der Waals surface area contributed by atoms with Gasteiger partial charge in [0.05, 0.1) is 29.6 Å². The van der Waals surface area contributed by atoms with Crippen LogP contribution in [0.15, 0.2) is 66.0 Å². The summed E-state index contributed by atoms with van der Waals surface area (Å²) in [4.78, 5) is 12.1. The van der Waals surface area contributed by atoms with Crippen molar-refractivity contribution < 1.29 is 22.4 Å². The minimum absolute atomic E-state index is 0.0150. The van der Waals surface area contributed by atoms with Gasteiger partial charge in [0.25, 0.3) is 5.89 Å². The Balaban J connectivity index is 1.30.